The van der Waals surface area contributed by atoms with E-state index in [1.165, 1.54) is 0 Å². The quantitative estimate of drug-likeness (QED) is 0.740. The van der Waals surface area contributed by atoms with Crippen LogP contribution in [-0.2, 0) is 9.53 Å². The molecule has 3 rings (SSSR count). The van der Waals surface area contributed by atoms with Crippen LogP contribution in [0.15, 0.2) is 24.3 Å². The SMILES string of the molecule is COc1ccc(C(=O)NC2COC(CN3CCCN(C(C)=O)CC3)C2O)cc1. The first-order chi connectivity index (χ1) is 13.5. The lowest BCUT2D eigenvalue weighted by Gasteiger charge is -2.26. The van der Waals surface area contributed by atoms with Gasteiger partial charge in [0.2, 0.25) is 5.91 Å². The fourth-order valence-corrected chi connectivity index (χ4v) is 3.69. The number of hydrogen-bond acceptors (Lipinski definition) is 6. The molecule has 0 spiro atoms. The molecular weight excluding hydrogens is 362 g/mol. The summed E-state index contributed by atoms with van der Waals surface area (Å²) >= 11 is 0. The third-order valence-electron chi connectivity index (χ3n) is 5.42. The van der Waals surface area contributed by atoms with Crippen LogP contribution >= 0.6 is 0 Å². The largest absolute Gasteiger partial charge is 0.497 e. The van der Waals surface area contributed by atoms with E-state index in [0.29, 0.717) is 24.4 Å². The molecular formula is C20H29N3O5. The van der Waals surface area contributed by atoms with Crippen LogP contribution in [0.5, 0.6) is 5.75 Å². The maximum absolute atomic E-state index is 12.4. The Morgan fingerprint density at radius 3 is 2.64 bits per heavy atom. The molecule has 2 aliphatic rings. The number of amides is 2. The van der Waals surface area contributed by atoms with Gasteiger partial charge in [0.25, 0.3) is 5.91 Å². The summed E-state index contributed by atoms with van der Waals surface area (Å²) in [4.78, 5) is 28.0. The Kier molecular flexibility index (Phi) is 6.88. The maximum Gasteiger partial charge on any atom is 0.251 e. The molecule has 2 amide bonds. The standard InChI is InChI=1S/C20H29N3O5/c1-14(24)23-9-3-8-22(10-11-23)12-18-19(25)17(13-28-18)21-20(26)15-4-6-16(27-2)7-5-15/h4-7,17-19,25H,3,8-13H2,1-2H3,(H,21,26). The van der Waals surface area contributed by atoms with Crippen molar-refractivity contribution in [3.8, 4) is 5.75 Å². The van der Waals surface area contributed by atoms with Crippen molar-refractivity contribution in [1.82, 2.24) is 15.1 Å². The van der Waals surface area contributed by atoms with Crippen LogP contribution in [0.25, 0.3) is 0 Å². The van der Waals surface area contributed by atoms with Crippen LogP contribution in [0.1, 0.15) is 23.7 Å². The van der Waals surface area contributed by atoms with E-state index in [2.05, 4.69) is 10.2 Å². The van der Waals surface area contributed by atoms with Crippen molar-refractivity contribution in [1.29, 1.82) is 0 Å². The first-order valence-electron chi connectivity index (χ1n) is 9.70. The summed E-state index contributed by atoms with van der Waals surface area (Å²) in [5.41, 5.74) is 0.508. The molecule has 2 saturated heterocycles. The summed E-state index contributed by atoms with van der Waals surface area (Å²) < 4.78 is 10.9. The highest BCUT2D eigenvalue weighted by molar-refractivity contribution is 5.94. The monoisotopic (exact) mass is 391 g/mol. The third kappa shape index (κ3) is 5.01. The summed E-state index contributed by atoms with van der Waals surface area (Å²) in [6.07, 6.45) is -0.223. The predicted molar refractivity (Wildman–Crippen MR) is 103 cm³/mol. The minimum atomic E-state index is -0.769. The molecule has 2 N–H and O–H groups in total. The number of nitrogens with one attached hydrogen (secondary N) is 1. The Morgan fingerprint density at radius 2 is 1.96 bits per heavy atom. The van der Waals surface area contributed by atoms with Gasteiger partial charge in [0.05, 0.1) is 25.9 Å². The summed E-state index contributed by atoms with van der Waals surface area (Å²) in [5, 5.41) is 13.5. The van der Waals surface area contributed by atoms with E-state index >= 15 is 0 Å². The van der Waals surface area contributed by atoms with Gasteiger partial charge in [0.1, 0.15) is 11.9 Å². The molecule has 0 aromatic heterocycles. The summed E-state index contributed by atoms with van der Waals surface area (Å²) in [7, 11) is 1.57. The number of benzene rings is 1. The second-order valence-electron chi connectivity index (χ2n) is 7.33. The molecule has 8 heteroatoms. The Hall–Kier alpha value is -2.16. The summed E-state index contributed by atoms with van der Waals surface area (Å²) in [6, 6.07) is 6.38. The molecule has 8 nitrogen and oxygen atoms in total. The number of methoxy groups -OCH3 is 1. The minimum absolute atomic E-state index is 0.0975. The van der Waals surface area contributed by atoms with Crippen LogP contribution in [0, 0.1) is 0 Å². The van der Waals surface area contributed by atoms with Crippen LogP contribution in [0.4, 0.5) is 0 Å². The first-order valence-corrected chi connectivity index (χ1v) is 9.70. The average molecular weight is 391 g/mol. The molecule has 0 aliphatic carbocycles. The van der Waals surface area contributed by atoms with Crippen LogP contribution in [0.2, 0.25) is 0 Å². The Morgan fingerprint density at radius 1 is 1.21 bits per heavy atom. The van der Waals surface area contributed by atoms with E-state index in [-0.39, 0.29) is 24.5 Å². The van der Waals surface area contributed by atoms with Gasteiger partial charge in [-0.25, -0.2) is 0 Å². The molecule has 2 aliphatic heterocycles. The topological polar surface area (TPSA) is 91.3 Å². The molecule has 0 radical (unpaired) electrons. The summed E-state index contributed by atoms with van der Waals surface area (Å²) in [5.74, 6) is 0.532. The zero-order valence-corrected chi connectivity index (χ0v) is 16.5. The van der Waals surface area contributed by atoms with Gasteiger partial charge in [-0.3, -0.25) is 14.5 Å². The maximum atomic E-state index is 12.4. The number of nitrogens with zero attached hydrogens (tertiary/aromatic N) is 2. The van der Waals surface area contributed by atoms with E-state index in [1.54, 1.807) is 38.3 Å². The molecule has 1 aromatic rings. The number of ether oxygens (including phenoxy) is 2. The van der Waals surface area contributed by atoms with E-state index in [4.69, 9.17) is 9.47 Å². The number of carbonyl (C=O) groups excluding carboxylic acids is 2. The Bertz CT molecular complexity index is 681. The third-order valence-corrected chi connectivity index (χ3v) is 5.42. The van der Waals surface area contributed by atoms with E-state index in [9.17, 15) is 14.7 Å². The van der Waals surface area contributed by atoms with E-state index in [0.717, 1.165) is 26.1 Å². The Labute approximate surface area is 165 Å². The van der Waals surface area contributed by atoms with Crippen molar-refractivity contribution in [2.24, 2.45) is 0 Å². The minimum Gasteiger partial charge on any atom is -0.497 e. The van der Waals surface area contributed by atoms with Gasteiger partial charge in [0.15, 0.2) is 0 Å². The molecule has 28 heavy (non-hydrogen) atoms. The van der Waals surface area contributed by atoms with Gasteiger partial charge in [-0.15, -0.1) is 0 Å². The van der Waals surface area contributed by atoms with Crippen molar-refractivity contribution < 1.29 is 24.2 Å². The second kappa shape index (κ2) is 9.36. The fourth-order valence-electron chi connectivity index (χ4n) is 3.69. The van der Waals surface area contributed by atoms with Crippen molar-refractivity contribution in [2.75, 3.05) is 46.4 Å². The van der Waals surface area contributed by atoms with Gasteiger partial charge in [-0.05, 0) is 37.2 Å². The number of aliphatic hydroxyl groups is 1. The number of rotatable bonds is 5. The lowest BCUT2D eigenvalue weighted by molar-refractivity contribution is -0.128. The molecule has 0 saturated carbocycles. The van der Waals surface area contributed by atoms with Crippen molar-refractivity contribution >= 4 is 11.8 Å². The molecule has 154 valence electrons. The van der Waals surface area contributed by atoms with Gasteiger partial charge in [-0.1, -0.05) is 0 Å². The van der Waals surface area contributed by atoms with Crippen molar-refractivity contribution in [3.05, 3.63) is 29.8 Å². The van der Waals surface area contributed by atoms with Crippen molar-refractivity contribution in [2.45, 2.75) is 31.6 Å². The molecule has 2 fully saturated rings. The zero-order chi connectivity index (χ0) is 20.1. The zero-order valence-electron chi connectivity index (χ0n) is 16.5. The van der Waals surface area contributed by atoms with Gasteiger partial charge in [0, 0.05) is 38.7 Å². The lowest BCUT2D eigenvalue weighted by Crippen LogP contribution is -2.47. The number of hydrogen-bond donors (Lipinski definition) is 2. The Balaban J connectivity index is 1.50. The van der Waals surface area contributed by atoms with Crippen molar-refractivity contribution in [3.63, 3.8) is 0 Å². The smallest absolute Gasteiger partial charge is 0.251 e. The van der Waals surface area contributed by atoms with Crippen LogP contribution < -0.4 is 10.1 Å². The second-order valence-corrected chi connectivity index (χ2v) is 7.33. The average Bonchev–Trinajstić information content (AvgIpc) is 2.89. The molecule has 0 bridgehead atoms. The molecule has 1 aromatic carbocycles. The highest BCUT2D eigenvalue weighted by atomic mass is 16.5. The van der Waals surface area contributed by atoms with Gasteiger partial charge in [-0.2, -0.15) is 0 Å². The molecule has 3 atom stereocenters. The van der Waals surface area contributed by atoms with E-state index in [1.807, 2.05) is 4.90 Å². The number of carbonyl (C=O) groups is 2. The fraction of sp³-hybridized carbons (Fsp3) is 0.600. The highest BCUT2D eigenvalue weighted by Crippen LogP contribution is 2.18. The van der Waals surface area contributed by atoms with Crippen LogP contribution in [0.3, 0.4) is 0 Å². The normalized spacial score (nSPS) is 26.0. The van der Waals surface area contributed by atoms with Gasteiger partial charge < -0.3 is 24.8 Å². The van der Waals surface area contributed by atoms with Crippen LogP contribution in [-0.4, -0.2) is 91.4 Å². The number of aliphatic hydroxyl groups excluding tert-OH is 1. The molecule has 2 heterocycles. The van der Waals surface area contributed by atoms with Gasteiger partial charge >= 0.3 is 0 Å². The summed E-state index contributed by atoms with van der Waals surface area (Å²) in [6.45, 7) is 5.53. The highest BCUT2D eigenvalue weighted by Gasteiger charge is 2.38. The molecule has 3 unspecified atom stereocenters. The van der Waals surface area contributed by atoms with E-state index < -0.39 is 12.1 Å². The lowest BCUT2D eigenvalue weighted by atomic mass is 10.1. The first kappa shape index (κ1) is 20.6. The predicted octanol–water partition coefficient (Wildman–Crippen LogP) is 0.108.